The molecule has 1 aromatic heterocycles. The number of aryl methyl sites for hydroxylation is 1. The summed E-state index contributed by atoms with van der Waals surface area (Å²) in [4.78, 5) is 13.8. The summed E-state index contributed by atoms with van der Waals surface area (Å²) in [5.41, 5.74) is 3.11. The van der Waals surface area contributed by atoms with Gasteiger partial charge in [-0.1, -0.05) is 12.1 Å². The molecule has 4 rings (SSSR count). The molecular formula is C18H22N2O3. The lowest BCUT2D eigenvalue weighted by Crippen LogP contribution is -2.60. The molecule has 1 fully saturated rings. The van der Waals surface area contributed by atoms with E-state index in [0.29, 0.717) is 13.0 Å². The number of aliphatic carboxylic acids is 1. The average Bonchev–Trinajstić information content (AvgIpc) is 2.86. The minimum Gasteiger partial charge on any atom is -0.481 e. The second-order valence-electron chi connectivity index (χ2n) is 6.96. The summed E-state index contributed by atoms with van der Waals surface area (Å²) in [6, 6.07) is 6.45. The number of piperidine rings is 1. The predicted octanol–water partition coefficient (Wildman–Crippen LogP) is 1.98. The van der Waals surface area contributed by atoms with Gasteiger partial charge in [-0.15, -0.1) is 0 Å². The second-order valence-corrected chi connectivity index (χ2v) is 6.96. The van der Waals surface area contributed by atoms with Crippen LogP contribution in [0.3, 0.4) is 0 Å². The summed E-state index contributed by atoms with van der Waals surface area (Å²) in [5.74, 6) is -1.14. The third kappa shape index (κ3) is 1.83. The first-order valence-electron chi connectivity index (χ1n) is 8.03. The summed E-state index contributed by atoms with van der Waals surface area (Å²) in [5, 5.41) is 10.8. The van der Waals surface area contributed by atoms with Gasteiger partial charge >= 0.3 is 5.97 Å². The van der Waals surface area contributed by atoms with E-state index < -0.39 is 17.5 Å². The maximum Gasteiger partial charge on any atom is 0.307 e. The number of benzene rings is 1. The standard InChI is InChI=1S/C18H22N2O3/c1-19-9-11-7-15-18(23-3,8-12(17(21)22)10-20(15)2)13-5-4-6-14(19)16(11)13/h4-6,9,12,15H,7-8,10H2,1-3H3,(H,21,22)/t12-,15-,18+/m1/s1. The van der Waals surface area contributed by atoms with Crippen molar-refractivity contribution in [1.29, 1.82) is 0 Å². The lowest BCUT2D eigenvalue weighted by molar-refractivity contribution is -0.160. The lowest BCUT2D eigenvalue weighted by Gasteiger charge is -2.52. The Labute approximate surface area is 135 Å². The number of nitrogens with zero attached hydrogens (tertiary/aromatic N) is 2. The summed E-state index contributed by atoms with van der Waals surface area (Å²) < 4.78 is 8.23. The van der Waals surface area contributed by atoms with Gasteiger partial charge in [0.05, 0.1) is 5.92 Å². The van der Waals surface area contributed by atoms with Crippen molar-refractivity contribution in [3.63, 3.8) is 0 Å². The first-order chi connectivity index (χ1) is 11.0. The number of hydrogen-bond donors (Lipinski definition) is 1. The highest BCUT2D eigenvalue weighted by molar-refractivity contribution is 5.89. The fourth-order valence-corrected chi connectivity index (χ4v) is 4.76. The minimum atomic E-state index is -0.738. The van der Waals surface area contributed by atoms with Crippen LogP contribution in [-0.2, 0) is 28.6 Å². The highest BCUT2D eigenvalue weighted by Crippen LogP contribution is 2.49. The zero-order chi connectivity index (χ0) is 16.4. The number of methoxy groups -OCH3 is 1. The van der Waals surface area contributed by atoms with Gasteiger partial charge in [0.15, 0.2) is 0 Å². The fraction of sp³-hybridized carbons (Fsp3) is 0.500. The van der Waals surface area contributed by atoms with E-state index in [1.165, 1.54) is 16.5 Å². The molecule has 2 aliphatic rings. The van der Waals surface area contributed by atoms with Crippen LogP contribution in [0.25, 0.3) is 10.9 Å². The van der Waals surface area contributed by atoms with Crippen molar-refractivity contribution in [1.82, 2.24) is 9.47 Å². The third-order valence-electron chi connectivity index (χ3n) is 5.80. The number of likely N-dealkylation sites (tertiary alicyclic amines) is 1. The van der Waals surface area contributed by atoms with Gasteiger partial charge < -0.3 is 14.4 Å². The van der Waals surface area contributed by atoms with Crippen LogP contribution in [0.15, 0.2) is 24.4 Å². The van der Waals surface area contributed by atoms with Crippen LogP contribution >= 0.6 is 0 Å². The summed E-state index contributed by atoms with van der Waals surface area (Å²) >= 11 is 0. The van der Waals surface area contributed by atoms with Crippen LogP contribution in [-0.4, -0.2) is 47.3 Å². The molecule has 23 heavy (non-hydrogen) atoms. The number of fused-ring (bicyclic) bond motifs is 2. The summed E-state index contributed by atoms with van der Waals surface area (Å²) in [6.07, 6.45) is 3.62. The van der Waals surface area contributed by atoms with Crippen LogP contribution < -0.4 is 0 Å². The zero-order valence-electron chi connectivity index (χ0n) is 13.7. The van der Waals surface area contributed by atoms with Crippen molar-refractivity contribution in [2.45, 2.75) is 24.5 Å². The van der Waals surface area contributed by atoms with Gasteiger partial charge in [0, 0.05) is 43.8 Å². The van der Waals surface area contributed by atoms with Crippen molar-refractivity contribution in [3.8, 4) is 0 Å². The maximum absolute atomic E-state index is 11.6. The lowest BCUT2D eigenvalue weighted by atomic mass is 9.68. The number of likely N-dealkylation sites (N-methyl/N-ethyl adjacent to an activating group) is 1. The number of carboxylic acid groups (broad SMARTS) is 1. The second kappa shape index (κ2) is 4.82. The number of carbonyl (C=O) groups is 1. The molecule has 5 heteroatoms. The Bertz CT molecular complexity index is 797. The molecule has 1 saturated heterocycles. The molecule has 1 N–H and O–H groups in total. The fourth-order valence-electron chi connectivity index (χ4n) is 4.76. The van der Waals surface area contributed by atoms with Gasteiger partial charge in [-0.05, 0) is 37.1 Å². The molecule has 1 aliphatic carbocycles. The largest absolute Gasteiger partial charge is 0.481 e. The first-order valence-corrected chi connectivity index (χ1v) is 8.03. The summed E-state index contributed by atoms with van der Waals surface area (Å²) in [7, 11) is 5.80. The monoisotopic (exact) mass is 314 g/mol. The Balaban J connectivity index is 1.97. The minimum absolute atomic E-state index is 0.170. The molecule has 0 amide bonds. The highest BCUT2D eigenvalue weighted by atomic mass is 16.5. The number of ether oxygens (including phenoxy) is 1. The highest BCUT2D eigenvalue weighted by Gasteiger charge is 2.53. The molecule has 0 radical (unpaired) electrons. The van der Waals surface area contributed by atoms with Crippen molar-refractivity contribution in [2.24, 2.45) is 13.0 Å². The molecule has 1 aromatic carbocycles. The van der Waals surface area contributed by atoms with Crippen LogP contribution in [0.4, 0.5) is 0 Å². The van der Waals surface area contributed by atoms with E-state index >= 15 is 0 Å². The van der Waals surface area contributed by atoms with E-state index in [4.69, 9.17) is 4.74 Å². The van der Waals surface area contributed by atoms with Gasteiger partial charge in [0.2, 0.25) is 0 Å². The van der Waals surface area contributed by atoms with E-state index in [1.807, 2.05) is 7.05 Å². The molecule has 0 spiro atoms. The van der Waals surface area contributed by atoms with Gasteiger partial charge in [-0.2, -0.15) is 0 Å². The van der Waals surface area contributed by atoms with Crippen LogP contribution in [0, 0.1) is 5.92 Å². The Morgan fingerprint density at radius 2 is 2.17 bits per heavy atom. The van der Waals surface area contributed by atoms with Gasteiger partial charge in [0.25, 0.3) is 0 Å². The number of carboxylic acids is 1. The molecule has 0 saturated carbocycles. The molecular weight excluding hydrogens is 292 g/mol. The van der Waals surface area contributed by atoms with E-state index in [1.54, 1.807) is 7.11 Å². The van der Waals surface area contributed by atoms with Crippen molar-refractivity contribution < 1.29 is 14.6 Å². The normalized spacial score (nSPS) is 30.4. The quantitative estimate of drug-likeness (QED) is 0.921. The summed E-state index contributed by atoms with van der Waals surface area (Å²) in [6.45, 7) is 0.573. The van der Waals surface area contributed by atoms with E-state index in [0.717, 1.165) is 12.0 Å². The van der Waals surface area contributed by atoms with E-state index in [-0.39, 0.29) is 6.04 Å². The molecule has 3 atom stereocenters. The van der Waals surface area contributed by atoms with E-state index in [2.05, 4.69) is 40.9 Å². The van der Waals surface area contributed by atoms with Crippen LogP contribution in [0.5, 0.6) is 0 Å². The Morgan fingerprint density at radius 1 is 1.39 bits per heavy atom. The van der Waals surface area contributed by atoms with Gasteiger partial charge in [-0.3, -0.25) is 9.69 Å². The Hall–Kier alpha value is -1.85. The zero-order valence-corrected chi connectivity index (χ0v) is 13.7. The molecule has 2 heterocycles. The number of rotatable bonds is 2. The van der Waals surface area contributed by atoms with Gasteiger partial charge in [-0.25, -0.2) is 0 Å². The van der Waals surface area contributed by atoms with E-state index in [9.17, 15) is 9.90 Å². The SMILES string of the molecule is CO[C@]12C[C@@H](C(=O)O)CN(C)[C@@H]1Cc1cn(C)c3cccc2c13. The molecule has 1 aliphatic heterocycles. The molecule has 122 valence electrons. The van der Waals surface area contributed by atoms with Crippen LogP contribution in [0.2, 0.25) is 0 Å². The third-order valence-corrected chi connectivity index (χ3v) is 5.80. The smallest absolute Gasteiger partial charge is 0.307 e. The number of hydrogen-bond acceptors (Lipinski definition) is 3. The predicted molar refractivity (Wildman–Crippen MR) is 87.5 cm³/mol. The van der Waals surface area contributed by atoms with Crippen LogP contribution in [0.1, 0.15) is 17.5 Å². The molecule has 0 unspecified atom stereocenters. The first kappa shape index (κ1) is 14.7. The van der Waals surface area contributed by atoms with Crippen molar-refractivity contribution in [3.05, 3.63) is 35.5 Å². The molecule has 5 nitrogen and oxygen atoms in total. The average molecular weight is 314 g/mol. The number of aromatic nitrogens is 1. The molecule has 0 bridgehead atoms. The topological polar surface area (TPSA) is 54.7 Å². The molecule has 2 aromatic rings. The van der Waals surface area contributed by atoms with Crippen molar-refractivity contribution in [2.75, 3.05) is 20.7 Å². The Morgan fingerprint density at radius 3 is 2.87 bits per heavy atom. The van der Waals surface area contributed by atoms with Gasteiger partial charge in [0.1, 0.15) is 5.60 Å². The van der Waals surface area contributed by atoms with Crippen molar-refractivity contribution >= 4 is 16.9 Å². The maximum atomic E-state index is 11.6. The Kier molecular flexibility index (Phi) is 3.09.